The zero-order chi connectivity index (χ0) is 27.1. The average Bonchev–Trinajstić information content (AvgIpc) is 2.92. The first-order valence-corrected chi connectivity index (χ1v) is 13.4. The van der Waals surface area contributed by atoms with Gasteiger partial charge in [0.1, 0.15) is 11.5 Å². The zero-order valence-corrected chi connectivity index (χ0v) is 22.8. The number of benzene rings is 3. The van der Waals surface area contributed by atoms with Crippen LogP contribution >= 0.6 is 11.6 Å². The van der Waals surface area contributed by atoms with E-state index >= 15 is 0 Å². The number of anilines is 2. The summed E-state index contributed by atoms with van der Waals surface area (Å²) >= 11 is 6.62. The molecule has 1 aliphatic rings. The van der Waals surface area contributed by atoms with Crippen molar-refractivity contribution in [3.63, 3.8) is 0 Å². The van der Waals surface area contributed by atoms with E-state index < -0.39 is 0 Å². The van der Waals surface area contributed by atoms with Crippen molar-refractivity contribution in [1.82, 2.24) is 4.90 Å². The van der Waals surface area contributed by atoms with Crippen molar-refractivity contribution in [2.75, 3.05) is 43.0 Å². The molecule has 0 atom stereocenters. The van der Waals surface area contributed by atoms with Crippen LogP contribution in [0.15, 0.2) is 66.7 Å². The number of hydrogen-bond acceptors (Lipinski definition) is 5. The van der Waals surface area contributed by atoms with E-state index in [4.69, 9.17) is 21.1 Å². The summed E-state index contributed by atoms with van der Waals surface area (Å²) in [6, 6.07) is 19.9. The fourth-order valence-corrected chi connectivity index (χ4v) is 4.57. The van der Waals surface area contributed by atoms with Gasteiger partial charge in [0.15, 0.2) is 0 Å². The van der Waals surface area contributed by atoms with Gasteiger partial charge in [-0.2, -0.15) is 0 Å². The molecule has 0 bridgehead atoms. The molecule has 200 valence electrons. The normalized spacial score (nSPS) is 13.4. The smallest absolute Gasteiger partial charge is 0.255 e. The molecular formula is C30H34ClN3O4. The molecule has 7 nitrogen and oxygen atoms in total. The van der Waals surface area contributed by atoms with Crippen LogP contribution in [0.1, 0.15) is 47.9 Å². The fraction of sp³-hybridized carbons (Fsp3) is 0.333. The first-order chi connectivity index (χ1) is 18.3. The van der Waals surface area contributed by atoms with Gasteiger partial charge in [0.2, 0.25) is 0 Å². The second kappa shape index (κ2) is 12.7. The van der Waals surface area contributed by atoms with Crippen LogP contribution in [0.25, 0.3) is 0 Å². The highest BCUT2D eigenvalue weighted by Gasteiger charge is 2.23. The van der Waals surface area contributed by atoms with Gasteiger partial charge in [-0.05, 0) is 80.9 Å². The van der Waals surface area contributed by atoms with Gasteiger partial charge in [-0.1, -0.05) is 24.6 Å². The van der Waals surface area contributed by atoms with Gasteiger partial charge < -0.3 is 24.6 Å². The highest BCUT2D eigenvalue weighted by Crippen LogP contribution is 2.30. The van der Waals surface area contributed by atoms with E-state index in [2.05, 4.69) is 17.1 Å². The number of halogens is 1. The maximum absolute atomic E-state index is 13.0. The predicted octanol–water partition coefficient (Wildman–Crippen LogP) is 6.13. The summed E-state index contributed by atoms with van der Waals surface area (Å²) < 4.78 is 11.3. The number of ether oxygens (including phenoxy) is 2. The molecule has 0 spiro atoms. The lowest BCUT2D eigenvalue weighted by Crippen LogP contribution is -2.48. The van der Waals surface area contributed by atoms with Crippen LogP contribution < -0.4 is 19.7 Å². The van der Waals surface area contributed by atoms with Gasteiger partial charge in [0.05, 0.1) is 23.4 Å². The van der Waals surface area contributed by atoms with Crippen LogP contribution in [0.5, 0.6) is 11.5 Å². The van der Waals surface area contributed by atoms with Crippen molar-refractivity contribution in [3.05, 3.63) is 82.9 Å². The molecule has 38 heavy (non-hydrogen) atoms. The molecule has 3 aromatic rings. The quantitative estimate of drug-likeness (QED) is 0.357. The summed E-state index contributed by atoms with van der Waals surface area (Å²) in [5.41, 5.74) is 2.65. The number of rotatable bonds is 9. The summed E-state index contributed by atoms with van der Waals surface area (Å²) in [6.45, 7) is 9.12. The number of nitrogens with one attached hydrogen (secondary N) is 1. The topological polar surface area (TPSA) is 71.1 Å². The molecule has 4 rings (SSSR count). The Hall–Kier alpha value is -3.71. The molecule has 1 heterocycles. The minimum atomic E-state index is -0.236. The second-order valence-corrected chi connectivity index (χ2v) is 9.87. The maximum atomic E-state index is 13.0. The lowest BCUT2D eigenvalue weighted by Gasteiger charge is -2.36. The van der Waals surface area contributed by atoms with Crippen molar-refractivity contribution in [1.29, 1.82) is 0 Å². The molecule has 0 unspecified atom stereocenters. The van der Waals surface area contributed by atoms with Crippen molar-refractivity contribution in [2.24, 2.45) is 0 Å². The average molecular weight is 536 g/mol. The van der Waals surface area contributed by atoms with Crippen molar-refractivity contribution >= 4 is 34.8 Å². The Morgan fingerprint density at radius 3 is 2.32 bits per heavy atom. The first kappa shape index (κ1) is 27.3. The Morgan fingerprint density at radius 2 is 1.66 bits per heavy atom. The maximum Gasteiger partial charge on any atom is 0.255 e. The van der Waals surface area contributed by atoms with E-state index in [1.807, 2.05) is 61.2 Å². The molecule has 0 saturated carbocycles. The SMILES string of the molecule is CCCOc1ccc(C(=O)N2CCN(c3ccc(NC(=O)c4cccc(OC(C)C)c4)cc3Cl)CC2)cc1. The molecule has 3 aromatic carbocycles. The lowest BCUT2D eigenvalue weighted by molar-refractivity contribution is 0.0746. The monoisotopic (exact) mass is 535 g/mol. The van der Waals surface area contributed by atoms with E-state index in [1.54, 1.807) is 24.3 Å². The molecule has 8 heteroatoms. The largest absolute Gasteiger partial charge is 0.494 e. The number of carbonyl (C=O) groups excluding carboxylic acids is 2. The summed E-state index contributed by atoms with van der Waals surface area (Å²) in [5, 5.41) is 3.45. The minimum Gasteiger partial charge on any atom is -0.494 e. The van der Waals surface area contributed by atoms with E-state index in [9.17, 15) is 9.59 Å². The number of carbonyl (C=O) groups is 2. The van der Waals surface area contributed by atoms with Crippen molar-refractivity contribution < 1.29 is 19.1 Å². The predicted molar refractivity (Wildman–Crippen MR) is 152 cm³/mol. The van der Waals surface area contributed by atoms with E-state index in [0.29, 0.717) is 60.4 Å². The number of piperazine rings is 1. The van der Waals surface area contributed by atoms with Crippen LogP contribution in [-0.2, 0) is 0 Å². The molecule has 1 saturated heterocycles. The fourth-order valence-electron chi connectivity index (χ4n) is 4.27. The Kier molecular flexibility index (Phi) is 9.13. The lowest BCUT2D eigenvalue weighted by atomic mass is 10.1. The summed E-state index contributed by atoms with van der Waals surface area (Å²) in [5.74, 6) is 1.20. The van der Waals surface area contributed by atoms with E-state index in [1.165, 1.54) is 0 Å². The van der Waals surface area contributed by atoms with E-state index in [0.717, 1.165) is 17.9 Å². The first-order valence-electron chi connectivity index (χ1n) is 13.0. The van der Waals surface area contributed by atoms with Gasteiger partial charge in [-0.25, -0.2) is 0 Å². The van der Waals surface area contributed by atoms with Crippen LogP contribution in [-0.4, -0.2) is 55.6 Å². The van der Waals surface area contributed by atoms with Crippen LogP contribution in [0.3, 0.4) is 0 Å². The van der Waals surface area contributed by atoms with Gasteiger partial charge in [0, 0.05) is 43.0 Å². The van der Waals surface area contributed by atoms with Crippen LogP contribution in [0, 0.1) is 0 Å². The van der Waals surface area contributed by atoms with Gasteiger partial charge in [-0.3, -0.25) is 9.59 Å². The third-order valence-electron chi connectivity index (χ3n) is 6.16. The minimum absolute atomic E-state index is 0.0127. The Balaban J connectivity index is 1.33. The van der Waals surface area contributed by atoms with Gasteiger partial charge in [-0.15, -0.1) is 0 Å². The molecular weight excluding hydrogens is 502 g/mol. The third-order valence-corrected chi connectivity index (χ3v) is 6.46. The highest BCUT2D eigenvalue weighted by atomic mass is 35.5. The zero-order valence-electron chi connectivity index (χ0n) is 22.1. The molecule has 0 aromatic heterocycles. The third kappa shape index (κ3) is 6.98. The Morgan fingerprint density at radius 1 is 0.921 bits per heavy atom. The Labute approximate surface area is 229 Å². The number of nitrogens with zero attached hydrogens (tertiary/aromatic N) is 2. The standard InChI is InChI=1S/C30H34ClN3O4/c1-4-18-37-25-11-8-22(9-12-25)30(36)34-16-14-33(15-17-34)28-13-10-24(20-27(28)31)32-29(35)23-6-5-7-26(19-23)38-21(2)3/h5-13,19-21H,4,14-18H2,1-3H3,(H,32,35). The molecule has 0 radical (unpaired) electrons. The van der Waals surface area contributed by atoms with Crippen molar-refractivity contribution in [2.45, 2.75) is 33.3 Å². The number of amides is 2. The summed E-state index contributed by atoms with van der Waals surface area (Å²) in [4.78, 5) is 29.8. The summed E-state index contributed by atoms with van der Waals surface area (Å²) in [6.07, 6.45) is 0.964. The number of hydrogen-bond donors (Lipinski definition) is 1. The molecule has 0 aliphatic carbocycles. The Bertz CT molecular complexity index is 1250. The second-order valence-electron chi connectivity index (χ2n) is 9.47. The molecule has 1 N–H and O–H groups in total. The van der Waals surface area contributed by atoms with Gasteiger partial charge >= 0.3 is 0 Å². The molecule has 1 fully saturated rings. The van der Waals surface area contributed by atoms with Crippen LogP contribution in [0.2, 0.25) is 5.02 Å². The molecule has 1 aliphatic heterocycles. The van der Waals surface area contributed by atoms with Crippen LogP contribution in [0.4, 0.5) is 11.4 Å². The van der Waals surface area contributed by atoms with E-state index in [-0.39, 0.29) is 17.9 Å². The van der Waals surface area contributed by atoms with Crippen molar-refractivity contribution in [3.8, 4) is 11.5 Å². The van der Waals surface area contributed by atoms with Gasteiger partial charge in [0.25, 0.3) is 11.8 Å². The molecule has 2 amide bonds. The summed E-state index contributed by atoms with van der Waals surface area (Å²) in [7, 11) is 0. The highest BCUT2D eigenvalue weighted by molar-refractivity contribution is 6.33.